The normalized spacial score (nSPS) is 15.1. The first-order valence-corrected chi connectivity index (χ1v) is 10.1. The second-order valence-corrected chi connectivity index (χ2v) is 11.1. The quantitative estimate of drug-likeness (QED) is 0.699. The van der Waals surface area contributed by atoms with Crippen molar-refractivity contribution < 1.29 is 9.05 Å². The van der Waals surface area contributed by atoms with Crippen LogP contribution in [0.1, 0.15) is 26.3 Å². The van der Waals surface area contributed by atoms with Gasteiger partial charge in [0.05, 0.1) is 6.61 Å². The number of hydrogen-bond acceptors (Lipinski definition) is 5. The molecule has 6 heteroatoms. The molecule has 1 aromatic heterocycles. The third kappa shape index (κ3) is 4.76. The molecule has 0 aliphatic heterocycles. The molecule has 16 heavy (non-hydrogen) atoms. The molecule has 0 fully saturated rings. The summed E-state index contributed by atoms with van der Waals surface area (Å²) in [6.45, 7) is 8.80. The van der Waals surface area contributed by atoms with Crippen LogP contribution in [0, 0.1) is 6.92 Å². The van der Waals surface area contributed by atoms with Crippen LogP contribution in [0.15, 0.2) is 11.4 Å². The summed E-state index contributed by atoms with van der Waals surface area (Å²) in [6.07, 6.45) is 0. The van der Waals surface area contributed by atoms with Crippen molar-refractivity contribution in [2.75, 3.05) is 6.61 Å². The Morgan fingerprint density at radius 1 is 1.56 bits per heavy atom. The molecule has 0 aromatic carbocycles. The predicted octanol–water partition coefficient (Wildman–Crippen LogP) is 4.84. The van der Waals surface area contributed by atoms with Crippen LogP contribution >= 0.6 is 28.4 Å². The lowest BCUT2D eigenvalue weighted by molar-refractivity contribution is 0.346. The smallest absolute Gasteiger partial charge is 0.298 e. The Kier molecular flexibility index (Phi) is 5.82. The van der Waals surface area contributed by atoms with E-state index in [0.717, 1.165) is 5.06 Å². The van der Waals surface area contributed by atoms with Crippen molar-refractivity contribution in [3.05, 3.63) is 17.0 Å². The Labute approximate surface area is 111 Å². The van der Waals surface area contributed by atoms with Gasteiger partial charge in [0.15, 0.2) is 5.06 Å². The fourth-order valence-corrected chi connectivity index (χ4v) is 8.24. The van der Waals surface area contributed by atoms with Gasteiger partial charge in [-0.15, -0.1) is 11.3 Å². The molecule has 1 heterocycles. The fraction of sp³-hybridized carbons (Fsp3) is 0.600. The van der Waals surface area contributed by atoms with Gasteiger partial charge in [-0.3, -0.25) is 0 Å². The van der Waals surface area contributed by atoms with Crippen LogP contribution in [-0.4, -0.2) is 11.9 Å². The zero-order valence-corrected chi connectivity index (χ0v) is 13.3. The molecule has 0 amide bonds. The average Bonchev–Trinajstić information content (AvgIpc) is 2.49. The Morgan fingerprint density at radius 3 is 2.69 bits per heavy atom. The summed E-state index contributed by atoms with van der Waals surface area (Å²) in [5.41, 5.74) is -1.02. The van der Waals surface area contributed by atoms with Crippen molar-refractivity contribution in [3.8, 4) is 5.06 Å². The van der Waals surface area contributed by atoms with Gasteiger partial charge < -0.3 is 9.05 Å². The number of hydrogen-bond donors (Lipinski definition) is 0. The molecule has 1 atom stereocenters. The molecule has 0 aliphatic carbocycles. The largest absolute Gasteiger partial charge is 0.426 e. The Hall–Kier alpha value is 0.460. The highest BCUT2D eigenvalue weighted by Gasteiger charge is 2.23. The average molecular weight is 296 g/mol. The van der Waals surface area contributed by atoms with E-state index < -0.39 is 5.69 Å². The first kappa shape index (κ1) is 14.5. The standard InChI is InChI=1S/C10H17O2PS3/c1-5-11-13(14,16-8(2)3)12-10-6-9(4)7-15-10/h6-8H,5H2,1-4H3. The highest BCUT2D eigenvalue weighted by Crippen LogP contribution is 2.62. The predicted molar refractivity (Wildman–Crippen MR) is 78.3 cm³/mol. The minimum atomic E-state index is -2.22. The lowest BCUT2D eigenvalue weighted by Gasteiger charge is -2.22. The summed E-state index contributed by atoms with van der Waals surface area (Å²) < 4.78 is 11.5. The molecule has 0 saturated carbocycles. The lowest BCUT2D eigenvalue weighted by atomic mass is 10.4. The summed E-state index contributed by atoms with van der Waals surface area (Å²) >= 11 is 8.70. The molecule has 1 aromatic rings. The highest BCUT2D eigenvalue weighted by molar-refractivity contribution is 8.68. The molecule has 92 valence electrons. The zero-order chi connectivity index (χ0) is 12.2. The minimum absolute atomic E-state index is 0.415. The third-order valence-electron chi connectivity index (χ3n) is 1.54. The fourth-order valence-electron chi connectivity index (χ4n) is 1.06. The van der Waals surface area contributed by atoms with Crippen molar-refractivity contribution in [2.45, 2.75) is 32.9 Å². The van der Waals surface area contributed by atoms with Gasteiger partial charge in [0.1, 0.15) is 0 Å². The van der Waals surface area contributed by atoms with Gasteiger partial charge in [0.2, 0.25) is 0 Å². The van der Waals surface area contributed by atoms with Crippen LogP contribution in [0.2, 0.25) is 0 Å². The lowest BCUT2D eigenvalue weighted by Crippen LogP contribution is -1.97. The van der Waals surface area contributed by atoms with Crippen LogP contribution in [0.5, 0.6) is 5.06 Å². The van der Waals surface area contributed by atoms with Gasteiger partial charge in [-0.1, -0.05) is 25.2 Å². The van der Waals surface area contributed by atoms with Crippen LogP contribution in [0.3, 0.4) is 0 Å². The number of thiophene rings is 1. The van der Waals surface area contributed by atoms with E-state index in [1.165, 1.54) is 5.56 Å². The van der Waals surface area contributed by atoms with Crippen molar-refractivity contribution in [3.63, 3.8) is 0 Å². The van der Waals surface area contributed by atoms with Crippen molar-refractivity contribution in [1.29, 1.82) is 0 Å². The Bertz CT molecular complexity index is 376. The SMILES string of the molecule is CCOP(=S)(Oc1cc(C)cs1)SC(C)C. The van der Waals surface area contributed by atoms with E-state index in [4.69, 9.17) is 20.9 Å². The van der Waals surface area contributed by atoms with E-state index in [1.54, 1.807) is 22.7 Å². The molecule has 0 bridgehead atoms. The van der Waals surface area contributed by atoms with Gasteiger partial charge in [-0.05, 0) is 42.7 Å². The van der Waals surface area contributed by atoms with E-state index in [1.807, 2.05) is 19.9 Å². The van der Waals surface area contributed by atoms with Crippen molar-refractivity contribution in [2.24, 2.45) is 0 Å². The molecule has 0 N–H and O–H groups in total. The molecular formula is C10H17O2PS3. The van der Waals surface area contributed by atoms with Gasteiger partial charge in [0, 0.05) is 5.25 Å². The van der Waals surface area contributed by atoms with E-state index in [0.29, 0.717) is 11.9 Å². The zero-order valence-electron chi connectivity index (χ0n) is 9.93. The van der Waals surface area contributed by atoms with Gasteiger partial charge in [0.25, 0.3) is 5.69 Å². The molecule has 0 radical (unpaired) electrons. The van der Waals surface area contributed by atoms with Crippen LogP contribution < -0.4 is 4.52 Å². The molecule has 0 saturated heterocycles. The van der Waals surface area contributed by atoms with Crippen LogP contribution in [-0.2, 0) is 16.3 Å². The number of aryl methyl sites for hydroxylation is 1. The summed E-state index contributed by atoms with van der Waals surface area (Å²) in [5, 5.41) is 3.34. The summed E-state index contributed by atoms with van der Waals surface area (Å²) in [4.78, 5) is 0. The van der Waals surface area contributed by atoms with Crippen LogP contribution in [0.25, 0.3) is 0 Å². The van der Waals surface area contributed by atoms with Crippen molar-refractivity contribution >= 4 is 40.2 Å². The maximum absolute atomic E-state index is 5.86. The summed E-state index contributed by atoms with van der Waals surface area (Å²) in [5.74, 6) is 0. The second-order valence-electron chi connectivity index (χ2n) is 3.55. The second kappa shape index (κ2) is 6.41. The maximum atomic E-state index is 5.86. The van der Waals surface area contributed by atoms with Gasteiger partial charge in [-0.2, -0.15) is 0 Å². The monoisotopic (exact) mass is 296 g/mol. The summed E-state index contributed by atoms with van der Waals surface area (Å²) in [6, 6.07) is 2.01. The van der Waals surface area contributed by atoms with E-state index in [-0.39, 0.29) is 0 Å². The topological polar surface area (TPSA) is 18.5 Å². The number of rotatable bonds is 6. The summed E-state index contributed by atoms with van der Waals surface area (Å²) in [7, 11) is 0. The third-order valence-corrected chi connectivity index (χ3v) is 8.15. The van der Waals surface area contributed by atoms with E-state index in [2.05, 4.69) is 19.2 Å². The molecule has 1 unspecified atom stereocenters. The molecule has 2 nitrogen and oxygen atoms in total. The van der Waals surface area contributed by atoms with Crippen LogP contribution in [0.4, 0.5) is 0 Å². The molecule has 1 rings (SSSR count). The maximum Gasteiger partial charge on any atom is 0.298 e. The highest BCUT2D eigenvalue weighted by atomic mass is 32.9. The Morgan fingerprint density at radius 2 is 2.25 bits per heavy atom. The van der Waals surface area contributed by atoms with Gasteiger partial charge in [-0.25, -0.2) is 0 Å². The molecule has 0 spiro atoms. The van der Waals surface area contributed by atoms with Crippen molar-refractivity contribution in [1.82, 2.24) is 0 Å². The van der Waals surface area contributed by atoms with Gasteiger partial charge >= 0.3 is 0 Å². The molecule has 0 aliphatic rings. The Balaban J connectivity index is 2.74. The first-order valence-electron chi connectivity index (χ1n) is 5.13. The first-order chi connectivity index (χ1) is 7.45. The minimum Gasteiger partial charge on any atom is -0.426 e. The molecular weight excluding hydrogens is 279 g/mol. The van der Waals surface area contributed by atoms with E-state index in [9.17, 15) is 0 Å². The van der Waals surface area contributed by atoms with E-state index >= 15 is 0 Å².